The molecule has 0 aromatic carbocycles. The number of nitrogens with zero attached hydrogens (tertiary/aromatic N) is 1. The molecule has 2 atom stereocenters. The Labute approximate surface area is 89.6 Å². The van der Waals surface area contributed by atoms with Crippen molar-refractivity contribution in [3.05, 3.63) is 0 Å². The van der Waals surface area contributed by atoms with Crippen molar-refractivity contribution in [2.75, 3.05) is 32.8 Å². The molecule has 1 rings (SSSR count). The van der Waals surface area contributed by atoms with Gasteiger partial charge in [0, 0.05) is 19.1 Å². The zero-order valence-corrected chi connectivity index (χ0v) is 9.16. The molecular weight excluding hydrogens is 202 g/mol. The Balaban J connectivity index is 2.11. The molecule has 1 aliphatic heterocycles. The third-order valence-electron chi connectivity index (χ3n) is 2.89. The summed E-state index contributed by atoms with van der Waals surface area (Å²) in [5, 5.41) is 0. The molecule has 0 spiro atoms. The third-order valence-corrected chi connectivity index (χ3v) is 2.89. The summed E-state index contributed by atoms with van der Waals surface area (Å²) in [5.74, 6) is 0.551. The highest BCUT2D eigenvalue weighted by Gasteiger charge is 2.27. The van der Waals surface area contributed by atoms with E-state index in [2.05, 4.69) is 11.8 Å². The van der Waals surface area contributed by atoms with Crippen molar-refractivity contribution in [3.8, 4) is 0 Å². The minimum atomic E-state index is -2.36. The second kappa shape index (κ2) is 6.35. The Morgan fingerprint density at radius 1 is 1.53 bits per heavy atom. The van der Waals surface area contributed by atoms with Gasteiger partial charge in [0.1, 0.15) is 6.61 Å². The maximum atomic E-state index is 11.8. The van der Waals surface area contributed by atoms with Gasteiger partial charge in [0.25, 0.3) is 6.43 Å². The first kappa shape index (κ1) is 12.8. The van der Waals surface area contributed by atoms with Gasteiger partial charge in [-0.1, -0.05) is 0 Å². The van der Waals surface area contributed by atoms with Crippen LogP contribution in [0, 0.1) is 5.92 Å². The van der Waals surface area contributed by atoms with Crippen molar-refractivity contribution in [2.45, 2.75) is 25.8 Å². The van der Waals surface area contributed by atoms with E-state index in [1.165, 1.54) is 0 Å². The van der Waals surface area contributed by atoms with Crippen LogP contribution in [-0.4, -0.2) is 50.2 Å². The van der Waals surface area contributed by atoms with Crippen LogP contribution in [0.1, 0.15) is 13.3 Å². The Morgan fingerprint density at radius 3 is 2.80 bits per heavy atom. The largest absolute Gasteiger partial charge is 0.374 e. The summed E-state index contributed by atoms with van der Waals surface area (Å²) in [6.45, 7) is 4.47. The summed E-state index contributed by atoms with van der Waals surface area (Å²) in [4.78, 5) is 2.25. The minimum Gasteiger partial charge on any atom is -0.374 e. The van der Waals surface area contributed by atoms with E-state index < -0.39 is 13.0 Å². The van der Waals surface area contributed by atoms with Crippen LogP contribution in [-0.2, 0) is 4.74 Å². The average Bonchev–Trinajstić information content (AvgIpc) is 2.54. The molecule has 90 valence electrons. The predicted octanol–water partition coefficient (Wildman–Crippen LogP) is 0.937. The summed E-state index contributed by atoms with van der Waals surface area (Å²) in [6.07, 6.45) is -1.26. The molecule has 0 aromatic rings. The molecule has 5 heteroatoms. The van der Waals surface area contributed by atoms with Crippen LogP contribution in [0.4, 0.5) is 8.78 Å². The van der Waals surface area contributed by atoms with E-state index in [4.69, 9.17) is 10.5 Å². The number of halogens is 2. The van der Waals surface area contributed by atoms with Gasteiger partial charge in [0.2, 0.25) is 0 Å². The van der Waals surface area contributed by atoms with Crippen molar-refractivity contribution >= 4 is 0 Å². The second-order valence-electron chi connectivity index (χ2n) is 4.15. The Bertz CT molecular complexity index is 181. The van der Waals surface area contributed by atoms with E-state index in [0.29, 0.717) is 25.1 Å². The molecule has 0 bridgehead atoms. The van der Waals surface area contributed by atoms with E-state index in [9.17, 15) is 8.78 Å². The van der Waals surface area contributed by atoms with E-state index in [0.717, 1.165) is 19.5 Å². The molecule has 2 N–H and O–H groups in total. The monoisotopic (exact) mass is 222 g/mol. The predicted molar refractivity (Wildman–Crippen MR) is 55.0 cm³/mol. The van der Waals surface area contributed by atoms with E-state index in [1.54, 1.807) is 0 Å². The fourth-order valence-electron chi connectivity index (χ4n) is 2.05. The van der Waals surface area contributed by atoms with Gasteiger partial charge in [-0.15, -0.1) is 0 Å². The number of rotatable bonds is 6. The molecule has 2 unspecified atom stereocenters. The fraction of sp³-hybridized carbons (Fsp3) is 1.00. The van der Waals surface area contributed by atoms with E-state index >= 15 is 0 Å². The molecule has 15 heavy (non-hydrogen) atoms. The van der Waals surface area contributed by atoms with Crippen molar-refractivity contribution in [2.24, 2.45) is 11.7 Å². The molecular formula is C10H20F2N2O. The van der Waals surface area contributed by atoms with Gasteiger partial charge in [0.15, 0.2) is 0 Å². The van der Waals surface area contributed by atoms with Crippen LogP contribution in [0.2, 0.25) is 0 Å². The molecule has 0 amide bonds. The van der Waals surface area contributed by atoms with Crippen LogP contribution in [0.25, 0.3) is 0 Å². The normalized spacial score (nSPS) is 27.8. The van der Waals surface area contributed by atoms with Crippen molar-refractivity contribution in [1.29, 1.82) is 0 Å². The van der Waals surface area contributed by atoms with Crippen molar-refractivity contribution < 1.29 is 13.5 Å². The van der Waals surface area contributed by atoms with Gasteiger partial charge in [-0.2, -0.15) is 0 Å². The van der Waals surface area contributed by atoms with E-state index in [1.807, 2.05) is 0 Å². The molecule has 0 saturated carbocycles. The lowest BCUT2D eigenvalue weighted by Gasteiger charge is -2.20. The fourth-order valence-corrected chi connectivity index (χ4v) is 2.05. The maximum absolute atomic E-state index is 11.8. The summed E-state index contributed by atoms with van der Waals surface area (Å²) < 4.78 is 28.4. The lowest BCUT2D eigenvalue weighted by Crippen LogP contribution is -2.31. The highest BCUT2D eigenvalue weighted by Crippen LogP contribution is 2.21. The van der Waals surface area contributed by atoms with Crippen molar-refractivity contribution in [1.82, 2.24) is 4.90 Å². The van der Waals surface area contributed by atoms with Crippen molar-refractivity contribution in [3.63, 3.8) is 0 Å². The first-order valence-electron chi connectivity index (χ1n) is 5.43. The number of likely N-dealkylation sites (tertiary alicyclic amines) is 1. The Morgan fingerprint density at radius 2 is 2.27 bits per heavy atom. The number of nitrogens with two attached hydrogens (primary N) is 1. The van der Waals surface area contributed by atoms with Gasteiger partial charge < -0.3 is 10.5 Å². The van der Waals surface area contributed by atoms with Crippen LogP contribution in [0.15, 0.2) is 0 Å². The zero-order chi connectivity index (χ0) is 11.3. The highest BCUT2D eigenvalue weighted by molar-refractivity contribution is 4.82. The molecule has 1 aliphatic rings. The zero-order valence-electron chi connectivity index (χ0n) is 9.16. The third kappa shape index (κ3) is 4.40. The van der Waals surface area contributed by atoms with Gasteiger partial charge in [0.05, 0.1) is 6.61 Å². The molecule has 1 heterocycles. The summed E-state index contributed by atoms with van der Waals surface area (Å²) in [5.41, 5.74) is 5.60. The number of hydrogen-bond acceptors (Lipinski definition) is 3. The standard InChI is InChI=1S/C10H20F2N2O/c1-8-4-9(5-13)6-14(8)2-3-15-7-10(11)12/h8-10H,2-7,13H2,1H3. The highest BCUT2D eigenvalue weighted by atomic mass is 19.3. The quantitative estimate of drug-likeness (QED) is 0.680. The lowest BCUT2D eigenvalue weighted by atomic mass is 10.1. The molecule has 1 saturated heterocycles. The smallest absolute Gasteiger partial charge is 0.261 e. The Hall–Kier alpha value is -0.260. The van der Waals surface area contributed by atoms with Gasteiger partial charge >= 0.3 is 0 Å². The molecule has 1 fully saturated rings. The van der Waals surface area contributed by atoms with Crippen LogP contribution in [0.5, 0.6) is 0 Å². The van der Waals surface area contributed by atoms with Crippen LogP contribution in [0.3, 0.4) is 0 Å². The number of ether oxygens (including phenoxy) is 1. The minimum absolute atomic E-state index is 0.381. The lowest BCUT2D eigenvalue weighted by molar-refractivity contribution is 0.00909. The van der Waals surface area contributed by atoms with Gasteiger partial charge in [-0.05, 0) is 25.8 Å². The van der Waals surface area contributed by atoms with Gasteiger partial charge in [-0.3, -0.25) is 4.90 Å². The summed E-state index contributed by atoms with van der Waals surface area (Å²) in [6, 6.07) is 0.494. The van der Waals surface area contributed by atoms with Gasteiger partial charge in [-0.25, -0.2) is 8.78 Å². The molecule has 3 nitrogen and oxygen atoms in total. The summed E-state index contributed by atoms with van der Waals surface area (Å²) in [7, 11) is 0. The molecule has 0 aliphatic carbocycles. The summed E-state index contributed by atoms with van der Waals surface area (Å²) >= 11 is 0. The molecule has 0 aromatic heterocycles. The number of alkyl halides is 2. The first-order valence-corrected chi connectivity index (χ1v) is 5.43. The average molecular weight is 222 g/mol. The maximum Gasteiger partial charge on any atom is 0.261 e. The van der Waals surface area contributed by atoms with Crippen LogP contribution < -0.4 is 5.73 Å². The first-order chi connectivity index (χ1) is 7.13. The topological polar surface area (TPSA) is 38.5 Å². The Kier molecular flexibility index (Phi) is 5.42. The number of hydrogen-bond donors (Lipinski definition) is 1. The van der Waals surface area contributed by atoms with E-state index in [-0.39, 0.29) is 0 Å². The SMILES string of the molecule is CC1CC(CN)CN1CCOCC(F)F. The molecule has 0 radical (unpaired) electrons. The second-order valence-corrected chi connectivity index (χ2v) is 4.15. The van der Waals surface area contributed by atoms with Crippen LogP contribution >= 0.6 is 0 Å².